The molecule has 4 nitrogen and oxygen atoms in total. The second-order valence-electron chi connectivity index (χ2n) is 4.70. The first-order valence-corrected chi connectivity index (χ1v) is 5.50. The minimum Gasteiger partial charge on any atom is -0.480 e. The summed E-state index contributed by atoms with van der Waals surface area (Å²) in [6.07, 6.45) is 2.17. The van der Waals surface area contributed by atoms with Gasteiger partial charge in [0, 0.05) is 13.2 Å². The van der Waals surface area contributed by atoms with Crippen molar-refractivity contribution in [1.29, 1.82) is 0 Å². The van der Waals surface area contributed by atoms with E-state index in [0.717, 1.165) is 6.42 Å². The van der Waals surface area contributed by atoms with E-state index in [0.29, 0.717) is 19.4 Å². The number of hydrogen-bond donors (Lipinski definition) is 3. The molecule has 1 unspecified atom stereocenters. The van der Waals surface area contributed by atoms with Gasteiger partial charge < -0.3 is 15.5 Å². The van der Waals surface area contributed by atoms with Crippen molar-refractivity contribution < 1.29 is 15.0 Å². The first kappa shape index (κ1) is 14.4. The van der Waals surface area contributed by atoms with Crippen molar-refractivity contribution in [3.05, 3.63) is 0 Å². The fourth-order valence-electron chi connectivity index (χ4n) is 1.39. The summed E-state index contributed by atoms with van der Waals surface area (Å²) in [6, 6.07) is -0.465. The van der Waals surface area contributed by atoms with Gasteiger partial charge >= 0.3 is 5.97 Å². The van der Waals surface area contributed by atoms with Gasteiger partial charge in [-0.3, -0.25) is 4.79 Å². The van der Waals surface area contributed by atoms with Gasteiger partial charge in [0.1, 0.15) is 6.04 Å². The molecular weight excluding hydrogens is 194 g/mol. The summed E-state index contributed by atoms with van der Waals surface area (Å²) >= 11 is 0. The van der Waals surface area contributed by atoms with Crippen molar-refractivity contribution in [2.75, 3.05) is 13.2 Å². The Balaban J connectivity index is 4.03. The van der Waals surface area contributed by atoms with Gasteiger partial charge in [-0.25, -0.2) is 0 Å². The van der Waals surface area contributed by atoms with Crippen molar-refractivity contribution in [1.82, 2.24) is 5.32 Å². The van der Waals surface area contributed by atoms with Crippen LogP contribution in [0.5, 0.6) is 0 Å². The minimum atomic E-state index is -0.795. The number of carboxylic acid groups (broad SMARTS) is 1. The summed E-state index contributed by atoms with van der Waals surface area (Å²) in [4.78, 5) is 10.9. The van der Waals surface area contributed by atoms with E-state index in [1.807, 2.05) is 20.8 Å². The van der Waals surface area contributed by atoms with E-state index in [9.17, 15) is 4.79 Å². The second kappa shape index (κ2) is 6.80. The Bertz CT molecular complexity index is 192. The van der Waals surface area contributed by atoms with E-state index >= 15 is 0 Å². The quantitative estimate of drug-likeness (QED) is 0.572. The third-order valence-electron chi connectivity index (χ3n) is 2.49. The van der Waals surface area contributed by atoms with Crippen LogP contribution in [0, 0.1) is 5.41 Å². The van der Waals surface area contributed by atoms with Crippen LogP contribution in [0.2, 0.25) is 0 Å². The van der Waals surface area contributed by atoms with Crippen molar-refractivity contribution in [2.45, 2.75) is 46.1 Å². The summed E-state index contributed by atoms with van der Waals surface area (Å²) in [6.45, 7) is 6.75. The fraction of sp³-hybridized carbons (Fsp3) is 0.909. The molecule has 90 valence electrons. The Kier molecular flexibility index (Phi) is 6.52. The standard InChI is InChI=1S/C11H23NO3/c1-4-5-9(10(14)15)12-8-11(2,3)6-7-13/h9,12-13H,4-8H2,1-3H3,(H,14,15). The zero-order valence-electron chi connectivity index (χ0n) is 9.92. The lowest BCUT2D eigenvalue weighted by atomic mass is 9.89. The van der Waals surface area contributed by atoms with E-state index in [4.69, 9.17) is 10.2 Å². The number of carboxylic acids is 1. The Hall–Kier alpha value is -0.610. The predicted octanol–water partition coefficient (Wildman–Crippen LogP) is 1.24. The Morgan fingerprint density at radius 3 is 2.47 bits per heavy atom. The highest BCUT2D eigenvalue weighted by atomic mass is 16.4. The molecule has 0 saturated heterocycles. The molecule has 0 bridgehead atoms. The molecule has 0 rings (SSSR count). The van der Waals surface area contributed by atoms with Gasteiger partial charge in [0.05, 0.1) is 0 Å². The molecule has 0 aliphatic rings. The Morgan fingerprint density at radius 1 is 1.47 bits per heavy atom. The van der Waals surface area contributed by atoms with Crippen LogP contribution in [0.15, 0.2) is 0 Å². The van der Waals surface area contributed by atoms with Crippen molar-refractivity contribution >= 4 is 5.97 Å². The number of hydrogen-bond acceptors (Lipinski definition) is 3. The lowest BCUT2D eigenvalue weighted by Gasteiger charge is -2.26. The van der Waals surface area contributed by atoms with Gasteiger partial charge in [-0.2, -0.15) is 0 Å². The normalized spacial score (nSPS) is 13.9. The summed E-state index contributed by atoms with van der Waals surface area (Å²) < 4.78 is 0. The van der Waals surface area contributed by atoms with Crippen molar-refractivity contribution in [3.63, 3.8) is 0 Å². The van der Waals surface area contributed by atoms with Crippen LogP contribution < -0.4 is 5.32 Å². The van der Waals surface area contributed by atoms with E-state index in [1.165, 1.54) is 0 Å². The SMILES string of the molecule is CCCC(NCC(C)(C)CCO)C(=O)O. The molecule has 3 N–H and O–H groups in total. The summed E-state index contributed by atoms with van der Waals surface area (Å²) in [7, 11) is 0. The van der Waals surface area contributed by atoms with Crippen LogP contribution in [0.4, 0.5) is 0 Å². The van der Waals surface area contributed by atoms with E-state index < -0.39 is 12.0 Å². The summed E-state index contributed by atoms with van der Waals surface area (Å²) in [5.74, 6) is -0.795. The fourth-order valence-corrected chi connectivity index (χ4v) is 1.39. The van der Waals surface area contributed by atoms with Crippen LogP contribution in [0.25, 0.3) is 0 Å². The van der Waals surface area contributed by atoms with Crippen LogP contribution in [0.3, 0.4) is 0 Å². The average molecular weight is 217 g/mol. The third kappa shape index (κ3) is 6.47. The Labute approximate surface area is 91.7 Å². The molecule has 0 heterocycles. The first-order chi connectivity index (χ1) is 6.93. The molecule has 0 aromatic heterocycles. The van der Waals surface area contributed by atoms with Gasteiger partial charge in [0.15, 0.2) is 0 Å². The molecule has 1 atom stereocenters. The van der Waals surface area contributed by atoms with Crippen molar-refractivity contribution in [3.8, 4) is 0 Å². The molecule has 0 saturated carbocycles. The maximum Gasteiger partial charge on any atom is 0.320 e. The predicted molar refractivity (Wildman–Crippen MR) is 59.8 cm³/mol. The lowest BCUT2D eigenvalue weighted by Crippen LogP contribution is -2.42. The monoisotopic (exact) mass is 217 g/mol. The molecule has 0 spiro atoms. The van der Waals surface area contributed by atoms with E-state index in [-0.39, 0.29) is 12.0 Å². The number of rotatable bonds is 8. The van der Waals surface area contributed by atoms with Gasteiger partial charge in [0.2, 0.25) is 0 Å². The summed E-state index contributed by atoms with van der Waals surface area (Å²) in [5, 5.41) is 20.8. The van der Waals surface area contributed by atoms with Gasteiger partial charge in [0.25, 0.3) is 0 Å². The Morgan fingerprint density at radius 2 is 2.07 bits per heavy atom. The maximum atomic E-state index is 10.9. The second-order valence-corrected chi connectivity index (χ2v) is 4.70. The summed E-state index contributed by atoms with van der Waals surface area (Å²) in [5.41, 5.74) is -0.0593. The highest BCUT2D eigenvalue weighted by molar-refractivity contribution is 5.73. The lowest BCUT2D eigenvalue weighted by molar-refractivity contribution is -0.139. The van der Waals surface area contributed by atoms with Crippen LogP contribution in [-0.2, 0) is 4.79 Å². The van der Waals surface area contributed by atoms with E-state index in [2.05, 4.69) is 5.32 Å². The molecule has 0 radical (unpaired) electrons. The number of aliphatic hydroxyl groups is 1. The largest absolute Gasteiger partial charge is 0.480 e. The molecule has 0 aromatic rings. The molecule has 4 heteroatoms. The number of aliphatic hydroxyl groups excluding tert-OH is 1. The molecule has 0 aliphatic carbocycles. The number of aliphatic carboxylic acids is 1. The smallest absolute Gasteiger partial charge is 0.320 e. The minimum absolute atomic E-state index is 0.0593. The van der Waals surface area contributed by atoms with Crippen LogP contribution in [-0.4, -0.2) is 35.4 Å². The zero-order valence-corrected chi connectivity index (χ0v) is 9.92. The van der Waals surface area contributed by atoms with Gasteiger partial charge in [-0.05, 0) is 18.3 Å². The number of carbonyl (C=O) groups is 1. The van der Waals surface area contributed by atoms with Gasteiger partial charge in [-0.1, -0.05) is 27.2 Å². The van der Waals surface area contributed by atoms with E-state index in [1.54, 1.807) is 0 Å². The van der Waals surface area contributed by atoms with Crippen molar-refractivity contribution in [2.24, 2.45) is 5.41 Å². The topological polar surface area (TPSA) is 69.6 Å². The highest BCUT2D eigenvalue weighted by Gasteiger charge is 2.21. The molecule has 0 aliphatic heterocycles. The first-order valence-electron chi connectivity index (χ1n) is 5.50. The molecule has 15 heavy (non-hydrogen) atoms. The molecule has 0 fully saturated rings. The van der Waals surface area contributed by atoms with Crippen LogP contribution in [0.1, 0.15) is 40.0 Å². The molecular formula is C11H23NO3. The average Bonchev–Trinajstić information content (AvgIpc) is 2.11. The maximum absolute atomic E-state index is 10.9. The van der Waals surface area contributed by atoms with Crippen LogP contribution >= 0.6 is 0 Å². The third-order valence-corrected chi connectivity index (χ3v) is 2.49. The zero-order chi connectivity index (χ0) is 11.9. The van der Waals surface area contributed by atoms with Gasteiger partial charge in [-0.15, -0.1) is 0 Å². The number of nitrogens with one attached hydrogen (secondary N) is 1. The highest BCUT2D eigenvalue weighted by Crippen LogP contribution is 2.18. The molecule has 0 aromatic carbocycles. The molecule has 0 amide bonds.